The van der Waals surface area contributed by atoms with E-state index in [1.54, 1.807) is 0 Å². The first-order valence-electron chi connectivity index (χ1n) is 7.22. The minimum Gasteiger partial charge on any atom is -0.382 e. The largest absolute Gasteiger partial charge is 0.382 e. The molecule has 1 aromatic carbocycles. The van der Waals surface area contributed by atoms with Crippen molar-refractivity contribution in [2.24, 2.45) is 5.73 Å². The third-order valence-corrected chi connectivity index (χ3v) is 3.50. The molecule has 0 saturated carbocycles. The van der Waals surface area contributed by atoms with Crippen molar-refractivity contribution >= 4 is 17.4 Å². The van der Waals surface area contributed by atoms with Crippen LogP contribution in [0, 0.1) is 0 Å². The summed E-state index contributed by atoms with van der Waals surface area (Å²) >= 11 is 0. The summed E-state index contributed by atoms with van der Waals surface area (Å²) in [5, 5.41) is 6.08. The van der Waals surface area contributed by atoms with Gasteiger partial charge in [-0.15, -0.1) is 0 Å². The van der Waals surface area contributed by atoms with E-state index in [4.69, 9.17) is 10.5 Å². The Kier molecular flexibility index (Phi) is 5.24. The second-order valence-electron chi connectivity index (χ2n) is 5.21. The molecule has 2 atom stereocenters. The van der Waals surface area contributed by atoms with Crippen LogP contribution < -0.4 is 16.4 Å². The van der Waals surface area contributed by atoms with Gasteiger partial charge in [-0.2, -0.15) is 0 Å². The molecular formula is C15H23N3O2. The molecule has 5 nitrogen and oxygen atoms in total. The molecule has 1 saturated heterocycles. The lowest BCUT2D eigenvalue weighted by molar-refractivity contribution is 0.00598. The number of benzene rings is 1. The van der Waals surface area contributed by atoms with Crippen LogP contribution >= 0.6 is 0 Å². The van der Waals surface area contributed by atoms with Crippen molar-refractivity contribution in [3.8, 4) is 0 Å². The van der Waals surface area contributed by atoms with Crippen LogP contribution in [-0.4, -0.2) is 24.8 Å². The summed E-state index contributed by atoms with van der Waals surface area (Å²) < 4.78 is 5.75. The van der Waals surface area contributed by atoms with Gasteiger partial charge in [-0.1, -0.05) is 13.3 Å². The lowest BCUT2D eigenvalue weighted by Gasteiger charge is -2.30. The lowest BCUT2D eigenvalue weighted by atomic mass is 10.00. The van der Waals surface area contributed by atoms with Crippen LogP contribution in [-0.2, 0) is 4.74 Å². The minimum atomic E-state index is -0.544. The fourth-order valence-corrected chi connectivity index (χ4v) is 2.56. The zero-order valence-corrected chi connectivity index (χ0v) is 11.9. The number of ether oxygens (including phenoxy) is 1. The van der Waals surface area contributed by atoms with E-state index in [0.717, 1.165) is 38.0 Å². The van der Waals surface area contributed by atoms with Crippen LogP contribution in [0.2, 0.25) is 0 Å². The predicted molar refractivity (Wildman–Crippen MR) is 80.9 cm³/mol. The maximum atomic E-state index is 10.7. The Morgan fingerprint density at radius 1 is 1.35 bits per heavy atom. The van der Waals surface area contributed by atoms with Crippen LogP contribution in [0.1, 0.15) is 32.6 Å². The molecule has 0 aromatic heterocycles. The van der Waals surface area contributed by atoms with Gasteiger partial charge < -0.3 is 21.1 Å². The second-order valence-corrected chi connectivity index (χ2v) is 5.21. The van der Waals surface area contributed by atoms with Crippen LogP contribution in [0.25, 0.3) is 0 Å². The van der Waals surface area contributed by atoms with Gasteiger partial charge in [-0.25, -0.2) is 4.79 Å². The number of hydrogen-bond donors (Lipinski definition) is 3. The van der Waals surface area contributed by atoms with Crippen molar-refractivity contribution in [3.63, 3.8) is 0 Å². The molecule has 0 spiro atoms. The molecule has 110 valence electrons. The highest BCUT2D eigenvalue weighted by Crippen LogP contribution is 2.22. The third kappa shape index (κ3) is 4.42. The maximum absolute atomic E-state index is 10.7. The Bertz CT molecular complexity index is 431. The van der Waals surface area contributed by atoms with E-state index in [9.17, 15) is 4.79 Å². The number of nitrogens with one attached hydrogen (secondary N) is 2. The summed E-state index contributed by atoms with van der Waals surface area (Å²) in [5.41, 5.74) is 6.84. The normalized spacial score (nSPS) is 22.2. The Balaban J connectivity index is 1.87. The lowest BCUT2D eigenvalue weighted by Crippen LogP contribution is -2.33. The topological polar surface area (TPSA) is 76.4 Å². The van der Waals surface area contributed by atoms with Crippen molar-refractivity contribution in [3.05, 3.63) is 24.3 Å². The molecule has 1 aromatic rings. The Labute approximate surface area is 119 Å². The average molecular weight is 277 g/mol. The Morgan fingerprint density at radius 2 is 2.05 bits per heavy atom. The molecule has 20 heavy (non-hydrogen) atoms. The smallest absolute Gasteiger partial charge is 0.316 e. The molecule has 0 aliphatic carbocycles. The zero-order chi connectivity index (χ0) is 14.4. The predicted octanol–water partition coefficient (Wildman–Crippen LogP) is 2.94. The van der Waals surface area contributed by atoms with Gasteiger partial charge in [0.15, 0.2) is 0 Å². The SMILES string of the molecule is CCCC1CC(Nc2ccc(NC(N)=O)cc2)CCO1. The molecule has 2 rings (SSSR count). The van der Waals surface area contributed by atoms with E-state index in [0.29, 0.717) is 17.8 Å². The summed E-state index contributed by atoms with van der Waals surface area (Å²) in [5.74, 6) is 0. The van der Waals surface area contributed by atoms with Gasteiger partial charge >= 0.3 is 6.03 Å². The van der Waals surface area contributed by atoms with Gasteiger partial charge in [-0.3, -0.25) is 0 Å². The fraction of sp³-hybridized carbons (Fsp3) is 0.533. The summed E-state index contributed by atoms with van der Waals surface area (Å²) in [4.78, 5) is 10.7. The molecule has 2 amide bonds. The van der Waals surface area contributed by atoms with Crippen LogP contribution in [0.4, 0.5) is 16.2 Å². The first-order chi connectivity index (χ1) is 9.67. The molecular weight excluding hydrogens is 254 g/mol. The van der Waals surface area contributed by atoms with Gasteiger partial charge in [0.05, 0.1) is 6.10 Å². The van der Waals surface area contributed by atoms with Gasteiger partial charge in [0.2, 0.25) is 0 Å². The van der Waals surface area contributed by atoms with E-state index in [1.165, 1.54) is 0 Å². The van der Waals surface area contributed by atoms with Gasteiger partial charge in [0.25, 0.3) is 0 Å². The van der Waals surface area contributed by atoms with Crippen molar-refractivity contribution in [2.45, 2.75) is 44.8 Å². The number of urea groups is 1. The molecule has 1 fully saturated rings. The molecule has 5 heteroatoms. The van der Waals surface area contributed by atoms with Gasteiger partial charge in [0.1, 0.15) is 0 Å². The van der Waals surface area contributed by atoms with Crippen molar-refractivity contribution in [2.75, 3.05) is 17.2 Å². The highest BCUT2D eigenvalue weighted by atomic mass is 16.5. The quantitative estimate of drug-likeness (QED) is 0.774. The van der Waals surface area contributed by atoms with Gasteiger partial charge in [-0.05, 0) is 43.5 Å². The van der Waals surface area contributed by atoms with Crippen molar-refractivity contribution in [1.29, 1.82) is 0 Å². The molecule has 1 aliphatic rings. The Hall–Kier alpha value is -1.75. The number of primary amides is 1. The number of carbonyl (C=O) groups is 1. The van der Waals surface area contributed by atoms with E-state index in [2.05, 4.69) is 17.6 Å². The van der Waals surface area contributed by atoms with E-state index in [-0.39, 0.29) is 0 Å². The Morgan fingerprint density at radius 3 is 2.70 bits per heavy atom. The summed E-state index contributed by atoms with van der Waals surface area (Å²) in [7, 11) is 0. The number of anilines is 2. The maximum Gasteiger partial charge on any atom is 0.316 e. The highest BCUT2D eigenvalue weighted by Gasteiger charge is 2.21. The number of rotatable bonds is 5. The first kappa shape index (κ1) is 14.7. The van der Waals surface area contributed by atoms with Crippen LogP contribution in [0.15, 0.2) is 24.3 Å². The highest BCUT2D eigenvalue weighted by molar-refractivity contribution is 5.87. The monoisotopic (exact) mass is 277 g/mol. The van der Waals surface area contributed by atoms with E-state index < -0.39 is 6.03 Å². The number of nitrogens with two attached hydrogens (primary N) is 1. The molecule has 0 radical (unpaired) electrons. The van der Waals surface area contributed by atoms with Crippen LogP contribution in [0.3, 0.4) is 0 Å². The third-order valence-electron chi connectivity index (χ3n) is 3.50. The number of carbonyl (C=O) groups excluding carboxylic acids is 1. The average Bonchev–Trinajstić information content (AvgIpc) is 2.41. The van der Waals surface area contributed by atoms with Crippen molar-refractivity contribution < 1.29 is 9.53 Å². The first-order valence-corrected chi connectivity index (χ1v) is 7.22. The van der Waals surface area contributed by atoms with Crippen molar-refractivity contribution in [1.82, 2.24) is 0 Å². The molecule has 1 heterocycles. The second kappa shape index (κ2) is 7.14. The number of hydrogen-bond acceptors (Lipinski definition) is 3. The van der Waals surface area contributed by atoms with E-state index in [1.807, 2.05) is 24.3 Å². The molecule has 2 unspecified atom stereocenters. The standard InChI is InChI=1S/C15H23N3O2/c1-2-3-14-10-13(8-9-20-14)17-11-4-6-12(7-5-11)18-15(16)19/h4-7,13-14,17H,2-3,8-10H2,1H3,(H3,16,18,19). The summed E-state index contributed by atoms with van der Waals surface area (Å²) in [6, 6.07) is 7.50. The molecule has 0 bridgehead atoms. The minimum absolute atomic E-state index is 0.377. The zero-order valence-electron chi connectivity index (χ0n) is 11.9. The van der Waals surface area contributed by atoms with Crippen LogP contribution in [0.5, 0.6) is 0 Å². The summed E-state index contributed by atoms with van der Waals surface area (Å²) in [6.45, 7) is 3.01. The van der Waals surface area contributed by atoms with E-state index >= 15 is 0 Å². The molecule has 1 aliphatic heterocycles. The fourth-order valence-electron chi connectivity index (χ4n) is 2.56. The van der Waals surface area contributed by atoms with Gasteiger partial charge in [0, 0.05) is 24.0 Å². The molecule has 4 N–H and O–H groups in total. The summed E-state index contributed by atoms with van der Waals surface area (Å²) in [6.07, 6.45) is 4.74. The number of amides is 2.